The Morgan fingerprint density at radius 2 is 2.13 bits per heavy atom. The normalized spacial score (nSPS) is 16.6. The molecule has 0 aliphatic carbocycles. The molecule has 0 spiro atoms. The van der Waals surface area contributed by atoms with Gasteiger partial charge in [0.25, 0.3) is 0 Å². The van der Waals surface area contributed by atoms with E-state index in [1.807, 2.05) is 12.2 Å². The van der Waals surface area contributed by atoms with E-state index in [0.717, 1.165) is 0 Å². The number of carboxylic acid groups (broad SMARTS) is 1. The minimum atomic E-state index is -1.16. The highest BCUT2D eigenvalue weighted by Gasteiger charge is 2.26. The summed E-state index contributed by atoms with van der Waals surface area (Å²) in [6, 6.07) is 0. The highest BCUT2D eigenvalue weighted by molar-refractivity contribution is 5.78. The van der Waals surface area contributed by atoms with Crippen molar-refractivity contribution in [2.24, 2.45) is 16.5 Å². The van der Waals surface area contributed by atoms with E-state index >= 15 is 0 Å². The maximum Gasteiger partial charge on any atom is 0.323 e. The Morgan fingerprint density at radius 3 is 2.60 bits per heavy atom. The molecule has 0 heterocycles. The minimum absolute atomic E-state index is 0.407. The second kappa shape index (κ2) is 6.19. The summed E-state index contributed by atoms with van der Waals surface area (Å²) in [5.41, 5.74) is 9.72. The Hall–Kier alpha value is -1.36. The molecule has 0 saturated heterocycles. The molecule has 0 amide bonds. The first-order chi connectivity index (χ1) is 6.86. The third-order valence-electron chi connectivity index (χ3n) is 1.93. The summed E-state index contributed by atoms with van der Waals surface area (Å²) in [6.07, 6.45) is 4.73. The van der Waals surface area contributed by atoms with Crippen LogP contribution in [-0.4, -0.2) is 29.0 Å². The topological polar surface area (TPSA) is 102 Å². The van der Waals surface area contributed by atoms with Gasteiger partial charge in [-0.3, -0.25) is 9.79 Å². The van der Waals surface area contributed by atoms with Gasteiger partial charge in [-0.15, -0.1) is 0 Å². The fourth-order valence-electron chi connectivity index (χ4n) is 0.879. The van der Waals surface area contributed by atoms with Gasteiger partial charge in [-0.05, 0) is 26.7 Å². The lowest BCUT2D eigenvalue weighted by Crippen LogP contribution is -2.44. The molecule has 5 N–H and O–H groups in total. The summed E-state index contributed by atoms with van der Waals surface area (Å²) in [5.74, 6) is -0.444. The number of amidine groups is 1. The molecular weight excluding hydrogens is 194 g/mol. The van der Waals surface area contributed by atoms with Crippen LogP contribution in [-0.2, 0) is 4.79 Å². The van der Waals surface area contributed by atoms with E-state index < -0.39 is 11.5 Å². The molecule has 0 aromatic carbocycles. The molecule has 0 rings (SSSR count). The van der Waals surface area contributed by atoms with Crippen LogP contribution in [0.15, 0.2) is 17.1 Å². The number of allylic oxidation sites excluding steroid dienone is 1. The van der Waals surface area contributed by atoms with E-state index in [1.54, 1.807) is 6.92 Å². The van der Waals surface area contributed by atoms with E-state index in [9.17, 15) is 4.79 Å². The smallest absolute Gasteiger partial charge is 0.323 e. The number of aliphatic imine (C=N–C) groups is 1. The van der Waals surface area contributed by atoms with Crippen LogP contribution in [0.25, 0.3) is 0 Å². The third-order valence-corrected chi connectivity index (χ3v) is 1.93. The molecule has 0 aromatic rings. The highest BCUT2D eigenvalue weighted by atomic mass is 16.4. The summed E-state index contributed by atoms with van der Waals surface area (Å²) in [7, 11) is 0. The predicted octanol–water partition coefficient (Wildman–Crippen LogP) is 0.502. The molecule has 0 aliphatic heterocycles. The van der Waals surface area contributed by atoms with Crippen molar-refractivity contribution < 1.29 is 9.90 Å². The Morgan fingerprint density at radius 1 is 1.53 bits per heavy atom. The first-order valence-corrected chi connectivity index (χ1v) is 4.80. The van der Waals surface area contributed by atoms with Gasteiger partial charge in [-0.2, -0.15) is 0 Å². The molecule has 86 valence electrons. The maximum absolute atomic E-state index is 10.6. The van der Waals surface area contributed by atoms with Crippen molar-refractivity contribution in [3.8, 4) is 0 Å². The van der Waals surface area contributed by atoms with Gasteiger partial charge in [-0.1, -0.05) is 12.2 Å². The second-order valence-corrected chi connectivity index (χ2v) is 3.71. The first-order valence-electron chi connectivity index (χ1n) is 4.80. The molecule has 0 saturated carbocycles. The molecular formula is C10H19N3O2. The molecule has 0 aliphatic rings. The number of hydrogen-bond donors (Lipinski definition) is 3. The van der Waals surface area contributed by atoms with Gasteiger partial charge < -0.3 is 16.6 Å². The Bertz CT molecular complexity index is 266. The van der Waals surface area contributed by atoms with Crippen molar-refractivity contribution in [2.45, 2.75) is 32.2 Å². The van der Waals surface area contributed by atoms with Crippen molar-refractivity contribution in [3.05, 3.63) is 12.2 Å². The maximum atomic E-state index is 10.6. The van der Waals surface area contributed by atoms with Crippen molar-refractivity contribution in [3.63, 3.8) is 0 Å². The van der Waals surface area contributed by atoms with Gasteiger partial charge in [0.05, 0.1) is 12.4 Å². The molecule has 15 heavy (non-hydrogen) atoms. The van der Waals surface area contributed by atoms with Crippen molar-refractivity contribution in [1.82, 2.24) is 0 Å². The van der Waals surface area contributed by atoms with Crippen LogP contribution in [0.1, 0.15) is 26.7 Å². The number of rotatable bonds is 6. The first kappa shape index (κ1) is 13.6. The zero-order valence-electron chi connectivity index (χ0n) is 9.23. The zero-order valence-corrected chi connectivity index (χ0v) is 9.23. The summed E-state index contributed by atoms with van der Waals surface area (Å²) < 4.78 is 0. The van der Waals surface area contributed by atoms with Crippen LogP contribution in [0.5, 0.6) is 0 Å². The van der Waals surface area contributed by atoms with E-state index in [4.69, 9.17) is 16.6 Å². The van der Waals surface area contributed by atoms with Crippen LogP contribution >= 0.6 is 0 Å². The minimum Gasteiger partial charge on any atom is -0.480 e. The Labute approximate surface area is 89.9 Å². The molecule has 1 unspecified atom stereocenters. The molecule has 1 atom stereocenters. The van der Waals surface area contributed by atoms with Gasteiger partial charge in [0, 0.05) is 0 Å². The van der Waals surface area contributed by atoms with Crippen LogP contribution in [0, 0.1) is 0 Å². The van der Waals surface area contributed by atoms with Gasteiger partial charge in [-0.25, -0.2) is 0 Å². The zero-order chi connectivity index (χ0) is 11.9. The quantitative estimate of drug-likeness (QED) is 0.339. The van der Waals surface area contributed by atoms with Crippen LogP contribution in [0.3, 0.4) is 0 Å². The van der Waals surface area contributed by atoms with Gasteiger partial charge in [0.1, 0.15) is 5.54 Å². The van der Waals surface area contributed by atoms with Crippen molar-refractivity contribution in [1.29, 1.82) is 0 Å². The van der Waals surface area contributed by atoms with Crippen molar-refractivity contribution >= 4 is 11.8 Å². The molecule has 0 aromatic heterocycles. The third kappa shape index (κ3) is 6.68. The van der Waals surface area contributed by atoms with Gasteiger partial charge in [0.15, 0.2) is 0 Å². The number of carbonyl (C=O) groups is 1. The van der Waals surface area contributed by atoms with Crippen LogP contribution in [0.2, 0.25) is 0 Å². The van der Waals surface area contributed by atoms with E-state index in [1.165, 1.54) is 6.92 Å². The lowest BCUT2D eigenvalue weighted by atomic mass is 9.97. The van der Waals surface area contributed by atoms with Crippen LogP contribution in [0.4, 0.5) is 0 Å². The van der Waals surface area contributed by atoms with E-state index in [-0.39, 0.29) is 0 Å². The molecule has 0 radical (unpaired) electrons. The lowest BCUT2D eigenvalue weighted by molar-refractivity contribution is -0.142. The van der Waals surface area contributed by atoms with Gasteiger partial charge in [0.2, 0.25) is 0 Å². The molecule has 0 bridgehead atoms. The van der Waals surface area contributed by atoms with Crippen molar-refractivity contribution in [2.75, 3.05) is 6.54 Å². The largest absolute Gasteiger partial charge is 0.480 e. The number of aliphatic carboxylic acids is 1. The predicted molar refractivity (Wildman–Crippen MR) is 60.8 cm³/mol. The van der Waals surface area contributed by atoms with E-state index in [2.05, 4.69) is 4.99 Å². The van der Waals surface area contributed by atoms with E-state index in [0.29, 0.717) is 25.2 Å². The average molecular weight is 213 g/mol. The van der Waals surface area contributed by atoms with Crippen LogP contribution < -0.4 is 11.5 Å². The Kier molecular flexibility index (Phi) is 5.62. The molecule has 0 fully saturated rings. The summed E-state index contributed by atoms with van der Waals surface area (Å²) >= 11 is 0. The second-order valence-electron chi connectivity index (χ2n) is 3.71. The lowest BCUT2D eigenvalue weighted by Gasteiger charge is -2.17. The number of hydrogen-bond acceptors (Lipinski definition) is 3. The summed E-state index contributed by atoms with van der Waals surface area (Å²) in [6.45, 7) is 3.75. The summed E-state index contributed by atoms with van der Waals surface area (Å²) in [5, 5.41) is 8.73. The molecule has 5 nitrogen and oxygen atoms in total. The fraction of sp³-hybridized carbons (Fsp3) is 0.600. The monoisotopic (exact) mass is 213 g/mol. The number of nitrogens with two attached hydrogens (primary N) is 2. The Balaban J connectivity index is 3.80. The number of carboxylic acids is 1. The standard InChI is InChI=1S/C10H19N3O2/c1-8(11)13-7-5-3-4-6-10(2,12)9(14)15/h3,5H,4,6-7,12H2,1-2H3,(H2,11,13)(H,14,15). The van der Waals surface area contributed by atoms with Gasteiger partial charge >= 0.3 is 5.97 Å². The highest BCUT2D eigenvalue weighted by Crippen LogP contribution is 2.09. The fourth-order valence-corrected chi connectivity index (χ4v) is 0.879. The average Bonchev–Trinajstić information content (AvgIpc) is 2.10. The number of nitrogens with zero attached hydrogens (tertiary/aromatic N) is 1. The molecule has 5 heteroatoms. The summed E-state index contributed by atoms with van der Waals surface area (Å²) in [4.78, 5) is 14.6. The SMILES string of the molecule is CC(N)=NCC=CCCC(C)(N)C(=O)O.